The highest BCUT2D eigenvalue weighted by Crippen LogP contribution is 2.27. The smallest absolute Gasteiger partial charge is 0.243 e. The standard InChI is InChI=1S/C17H23Cl2N3O4S/c1-2-7-20-16(23)5-6-17(24)21-8-10-22(11-9-21)27(25,26)13-3-4-14(18)15(19)12-13/h3-4,12H,2,5-11H2,1H3,(H,20,23). The van der Waals surface area contributed by atoms with Crippen LogP contribution in [0, 0.1) is 0 Å². The molecular weight excluding hydrogens is 413 g/mol. The molecule has 0 aliphatic carbocycles. The molecule has 2 amide bonds. The number of hydrogen-bond acceptors (Lipinski definition) is 4. The predicted molar refractivity (Wildman–Crippen MR) is 104 cm³/mol. The van der Waals surface area contributed by atoms with Gasteiger partial charge in [0.15, 0.2) is 0 Å². The molecule has 0 spiro atoms. The largest absolute Gasteiger partial charge is 0.356 e. The van der Waals surface area contributed by atoms with Crippen LogP contribution in [0.25, 0.3) is 0 Å². The average molecular weight is 436 g/mol. The van der Waals surface area contributed by atoms with Crippen molar-refractivity contribution >= 4 is 45.0 Å². The third-order valence-electron chi connectivity index (χ3n) is 4.26. The van der Waals surface area contributed by atoms with E-state index in [9.17, 15) is 18.0 Å². The summed E-state index contributed by atoms with van der Waals surface area (Å²) in [4.78, 5) is 25.5. The van der Waals surface area contributed by atoms with E-state index >= 15 is 0 Å². The van der Waals surface area contributed by atoms with Crippen LogP contribution < -0.4 is 5.32 Å². The number of carbonyl (C=O) groups excluding carboxylic acids is 2. The number of carbonyl (C=O) groups is 2. The fourth-order valence-corrected chi connectivity index (χ4v) is 4.51. The molecule has 0 atom stereocenters. The maximum absolute atomic E-state index is 12.7. The summed E-state index contributed by atoms with van der Waals surface area (Å²) in [7, 11) is -3.70. The Morgan fingerprint density at radius 3 is 2.33 bits per heavy atom. The molecule has 1 N–H and O–H groups in total. The van der Waals surface area contributed by atoms with Gasteiger partial charge in [0.25, 0.3) is 0 Å². The number of amides is 2. The first-order valence-electron chi connectivity index (χ1n) is 8.75. The van der Waals surface area contributed by atoms with Gasteiger partial charge in [-0.2, -0.15) is 4.31 Å². The maximum atomic E-state index is 12.7. The molecule has 150 valence electrons. The van der Waals surface area contributed by atoms with Gasteiger partial charge in [-0.05, 0) is 24.6 Å². The van der Waals surface area contributed by atoms with E-state index in [4.69, 9.17) is 23.2 Å². The number of piperazine rings is 1. The highest BCUT2D eigenvalue weighted by atomic mass is 35.5. The van der Waals surface area contributed by atoms with E-state index in [2.05, 4.69) is 5.32 Å². The summed E-state index contributed by atoms with van der Waals surface area (Å²) in [6.45, 7) is 3.51. The first-order chi connectivity index (χ1) is 12.8. The van der Waals surface area contributed by atoms with Gasteiger partial charge < -0.3 is 10.2 Å². The Labute approximate surface area is 169 Å². The number of sulfonamides is 1. The van der Waals surface area contributed by atoms with Crippen molar-refractivity contribution in [1.29, 1.82) is 0 Å². The third kappa shape index (κ3) is 5.81. The van der Waals surface area contributed by atoms with Gasteiger partial charge in [-0.25, -0.2) is 8.42 Å². The molecule has 27 heavy (non-hydrogen) atoms. The van der Waals surface area contributed by atoms with Gasteiger partial charge in [0, 0.05) is 45.6 Å². The van der Waals surface area contributed by atoms with Crippen LogP contribution in [0.4, 0.5) is 0 Å². The van der Waals surface area contributed by atoms with E-state index in [1.165, 1.54) is 22.5 Å². The molecule has 1 saturated heterocycles. The lowest BCUT2D eigenvalue weighted by atomic mass is 10.2. The third-order valence-corrected chi connectivity index (χ3v) is 6.89. The van der Waals surface area contributed by atoms with Crippen molar-refractivity contribution in [3.63, 3.8) is 0 Å². The minimum Gasteiger partial charge on any atom is -0.356 e. The Balaban J connectivity index is 1.89. The molecule has 0 radical (unpaired) electrons. The molecule has 7 nitrogen and oxygen atoms in total. The van der Waals surface area contributed by atoms with E-state index in [0.717, 1.165) is 6.42 Å². The Hall–Kier alpha value is -1.35. The summed E-state index contributed by atoms with van der Waals surface area (Å²) in [6.07, 6.45) is 1.10. The van der Waals surface area contributed by atoms with Crippen LogP contribution in [0.1, 0.15) is 26.2 Å². The molecule has 1 aromatic rings. The van der Waals surface area contributed by atoms with Gasteiger partial charge >= 0.3 is 0 Å². The van der Waals surface area contributed by atoms with E-state index in [1.54, 1.807) is 4.90 Å². The normalized spacial score (nSPS) is 15.6. The van der Waals surface area contributed by atoms with Crippen molar-refractivity contribution in [2.45, 2.75) is 31.1 Å². The molecular formula is C17H23Cl2N3O4S. The summed E-state index contributed by atoms with van der Waals surface area (Å²) < 4.78 is 26.7. The van der Waals surface area contributed by atoms with Crippen LogP contribution in [0.2, 0.25) is 10.0 Å². The van der Waals surface area contributed by atoms with Gasteiger partial charge in [-0.1, -0.05) is 30.1 Å². The molecule has 1 aliphatic rings. The zero-order chi connectivity index (χ0) is 20.0. The van der Waals surface area contributed by atoms with Crippen LogP contribution in [0.3, 0.4) is 0 Å². The van der Waals surface area contributed by atoms with Crippen molar-refractivity contribution < 1.29 is 18.0 Å². The number of nitrogens with one attached hydrogen (secondary N) is 1. The highest BCUT2D eigenvalue weighted by Gasteiger charge is 2.30. The molecule has 0 aromatic heterocycles. The molecule has 2 rings (SSSR count). The predicted octanol–water partition coefficient (Wildman–Crippen LogP) is 2.13. The Morgan fingerprint density at radius 1 is 1.07 bits per heavy atom. The fraction of sp³-hybridized carbons (Fsp3) is 0.529. The molecule has 1 fully saturated rings. The SMILES string of the molecule is CCCNC(=O)CCC(=O)N1CCN(S(=O)(=O)c2ccc(Cl)c(Cl)c2)CC1. The summed E-state index contributed by atoms with van der Waals surface area (Å²) in [5.41, 5.74) is 0. The second kappa shape index (κ2) is 9.73. The number of rotatable bonds is 7. The Bertz CT molecular complexity index is 793. The summed E-state index contributed by atoms with van der Waals surface area (Å²) in [5, 5.41) is 3.19. The second-order valence-electron chi connectivity index (χ2n) is 6.21. The first kappa shape index (κ1) is 21.9. The van der Waals surface area contributed by atoms with Crippen molar-refractivity contribution in [2.75, 3.05) is 32.7 Å². The number of halogens is 2. The minimum absolute atomic E-state index is 0.0734. The topological polar surface area (TPSA) is 86.8 Å². The molecule has 1 heterocycles. The quantitative estimate of drug-likeness (QED) is 0.710. The van der Waals surface area contributed by atoms with Crippen LogP contribution in [0.5, 0.6) is 0 Å². The van der Waals surface area contributed by atoms with Gasteiger partial charge in [0.2, 0.25) is 21.8 Å². The number of nitrogens with zero attached hydrogens (tertiary/aromatic N) is 2. The second-order valence-corrected chi connectivity index (χ2v) is 8.96. The molecule has 10 heteroatoms. The molecule has 0 bridgehead atoms. The van der Waals surface area contributed by atoms with Crippen molar-refractivity contribution in [3.8, 4) is 0 Å². The lowest BCUT2D eigenvalue weighted by molar-refractivity contribution is -0.134. The lowest BCUT2D eigenvalue weighted by Gasteiger charge is -2.34. The van der Waals surface area contributed by atoms with Gasteiger partial charge in [-0.15, -0.1) is 0 Å². The monoisotopic (exact) mass is 435 g/mol. The van der Waals surface area contributed by atoms with Gasteiger partial charge in [0.05, 0.1) is 14.9 Å². The van der Waals surface area contributed by atoms with E-state index in [0.29, 0.717) is 6.54 Å². The van der Waals surface area contributed by atoms with Crippen LogP contribution in [0.15, 0.2) is 23.1 Å². The molecule has 0 saturated carbocycles. The molecule has 1 aromatic carbocycles. The number of benzene rings is 1. The minimum atomic E-state index is -3.70. The maximum Gasteiger partial charge on any atom is 0.243 e. The lowest BCUT2D eigenvalue weighted by Crippen LogP contribution is -2.50. The summed E-state index contributed by atoms with van der Waals surface area (Å²) in [6, 6.07) is 4.18. The Kier molecular flexibility index (Phi) is 7.91. The van der Waals surface area contributed by atoms with Crippen LogP contribution in [-0.4, -0.2) is 62.2 Å². The highest BCUT2D eigenvalue weighted by molar-refractivity contribution is 7.89. The van der Waals surface area contributed by atoms with Crippen LogP contribution in [-0.2, 0) is 19.6 Å². The van der Waals surface area contributed by atoms with Crippen molar-refractivity contribution in [2.24, 2.45) is 0 Å². The average Bonchev–Trinajstić information content (AvgIpc) is 2.66. The van der Waals surface area contributed by atoms with Crippen LogP contribution >= 0.6 is 23.2 Å². The fourth-order valence-electron chi connectivity index (χ4n) is 2.70. The molecule has 1 aliphatic heterocycles. The van der Waals surface area contributed by atoms with E-state index in [1.807, 2.05) is 6.92 Å². The number of hydrogen-bond donors (Lipinski definition) is 1. The molecule has 0 unspecified atom stereocenters. The van der Waals surface area contributed by atoms with Crippen molar-refractivity contribution in [3.05, 3.63) is 28.2 Å². The summed E-state index contributed by atoms with van der Waals surface area (Å²) in [5.74, 6) is -0.292. The first-order valence-corrected chi connectivity index (χ1v) is 10.9. The zero-order valence-electron chi connectivity index (χ0n) is 15.1. The van der Waals surface area contributed by atoms with E-state index < -0.39 is 10.0 Å². The van der Waals surface area contributed by atoms with Gasteiger partial charge in [-0.3, -0.25) is 9.59 Å². The summed E-state index contributed by atoms with van der Waals surface area (Å²) >= 11 is 11.8. The van der Waals surface area contributed by atoms with Gasteiger partial charge in [0.1, 0.15) is 0 Å². The Morgan fingerprint density at radius 2 is 1.74 bits per heavy atom. The van der Waals surface area contributed by atoms with E-state index in [-0.39, 0.29) is 65.8 Å². The van der Waals surface area contributed by atoms with Crippen molar-refractivity contribution in [1.82, 2.24) is 14.5 Å². The zero-order valence-corrected chi connectivity index (χ0v) is 17.4.